The molecule has 2 atom stereocenters. The predicted molar refractivity (Wildman–Crippen MR) is 74.3 cm³/mol. The topological polar surface area (TPSA) is 38.2 Å². The molecular weight excluding hydrogens is 302 g/mol. The molecule has 1 saturated heterocycles. The second-order valence-corrected chi connectivity index (χ2v) is 6.10. The van der Waals surface area contributed by atoms with Crippen molar-refractivity contribution in [2.75, 3.05) is 23.3 Å². The van der Waals surface area contributed by atoms with Crippen molar-refractivity contribution in [1.29, 1.82) is 0 Å². The molecular formula is C11H18BrN3OS. The van der Waals surface area contributed by atoms with Gasteiger partial charge in [0, 0.05) is 35.9 Å². The fraction of sp³-hybridized carbons (Fsp3) is 0.818. The molecule has 0 radical (unpaired) electrons. The second-order valence-electron chi connectivity index (χ2n) is 4.72. The maximum atomic E-state index is 5.81. The molecule has 0 bridgehead atoms. The molecule has 0 aromatic carbocycles. The Labute approximate surface area is 115 Å². The lowest BCUT2D eigenvalue weighted by atomic mass is 10.2. The minimum absolute atomic E-state index is 0.241. The zero-order chi connectivity index (χ0) is 12.4. The van der Waals surface area contributed by atoms with E-state index in [2.05, 4.69) is 51.0 Å². The van der Waals surface area contributed by atoms with Crippen LogP contribution in [0.15, 0.2) is 0 Å². The van der Waals surface area contributed by atoms with E-state index >= 15 is 0 Å². The van der Waals surface area contributed by atoms with Gasteiger partial charge in [0.15, 0.2) is 0 Å². The number of alkyl halides is 1. The molecule has 17 heavy (non-hydrogen) atoms. The molecule has 1 aliphatic heterocycles. The highest BCUT2D eigenvalue weighted by molar-refractivity contribution is 9.09. The van der Waals surface area contributed by atoms with Crippen LogP contribution in [-0.2, 0) is 4.74 Å². The summed E-state index contributed by atoms with van der Waals surface area (Å²) >= 11 is 4.98. The summed E-state index contributed by atoms with van der Waals surface area (Å²) < 4.78 is 10.2. The molecule has 0 aliphatic carbocycles. The van der Waals surface area contributed by atoms with Gasteiger partial charge in [-0.3, -0.25) is 0 Å². The van der Waals surface area contributed by atoms with Crippen molar-refractivity contribution in [3.8, 4) is 0 Å². The minimum atomic E-state index is 0.241. The van der Waals surface area contributed by atoms with Crippen molar-refractivity contribution in [2.45, 2.75) is 38.9 Å². The lowest BCUT2D eigenvalue weighted by molar-refractivity contribution is -0.00200. The summed E-state index contributed by atoms with van der Waals surface area (Å²) in [5.74, 6) is 1.34. The monoisotopic (exact) mass is 319 g/mol. The van der Waals surface area contributed by atoms with Gasteiger partial charge in [0.25, 0.3) is 0 Å². The molecule has 0 N–H and O–H groups in total. The maximum Gasteiger partial charge on any atom is 0.205 e. The number of hydrogen-bond acceptors (Lipinski definition) is 5. The zero-order valence-electron chi connectivity index (χ0n) is 10.4. The summed E-state index contributed by atoms with van der Waals surface area (Å²) in [6.07, 6.45) is 0.489. The van der Waals surface area contributed by atoms with Gasteiger partial charge in [0.05, 0.1) is 12.2 Å². The SMILES string of the molecule is CC1CN(c2nc(C(C)C)ns2)CC(CBr)O1. The standard InChI is InChI=1S/C11H18BrN3OS/c1-7(2)10-13-11(17-14-10)15-5-8(3)16-9(4-12)6-15/h7-9H,4-6H2,1-3H3. The van der Waals surface area contributed by atoms with Gasteiger partial charge < -0.3 is 9.64 Å². The second kappa shape index (κ2) is 5.63. The highest BCUT2D eigenvalue weighted by Gasteiger charge is 2.26. The van der Waals surface area contributed by atoms with Crippen molar-refractivity contribution in [3.05, 3.63) is 5.82 Å². The number of halogens is 1. The number of aromatic nitrogens is 2. The first kappa shape index (κ1) is 13.2. The van der Waals surface area contributed by atoms with E-state index in [0.29, 0.717) is 5.92 Å². The first-order valence-electron chi connectivity index (χ1n) is 5.90. The Balaban J connectivity index is 2.09. The van der Waals surface area contributed by atoms with E-state index in [1.165, 1.54) is 11.5 Å². The Kier molecular flexibility index (Phi) is 4.38. The van der Waals surface area contributed by atoms with E-state index in [1.807, 2.05) is 0 Å². The fourth-order valence-electron chi connectivity index (χ4n) is 1.88. The molecule has 96 valence electrons. The number of rotatable bonds is 3. The van der Waals surface area contributed by atoms with Gasteiger partial charge in [-0.2, -0.15) is 4.37 Å². The van der Waals surface area contributed by atoms with E-state index in [1.54, 1.807) is 0 Å². The van der Waals surface area contributed by atoms with Crippen LogP contribution in [0.25, 0.3) is 0 Å². The lowest BCUT2D eigenvalue weighted by Gasteiger charge is -2.35. The average Bonchev–Trinajstić information content (AvgIpc) is 2.77. The van der Waals surface area contributed by atoms with Crippen molar-refractivity contribution in [3.63, 3.8) is 0 Å². The predicted octanol–water partition coefficient (Wildman–Crippen LogP) is 2.65. The molecule has 2 unspecified atom stereocenters. The highest BCUT2D eigenvalue weighted by Crippen LogP contribution is 2.25. The normalized spacial score (nSPS) is 25.6. The van der Waals surface area contributed by atoms with Gasteiger partial charge in [0.1, 0.15) is 5.82 Å². The number of hydrogen-bond donors (Lipinski definition) is 0. The highest BCUT2D eigenvalue weighted by atomic mass is 79.9. The number of anilines is 1. The summed E-state index contributed by atoms with van der Waals surface area (Å²) in [5.41, 5.74) is 0. The zero-order valence-corrected chi connectivity index (χ0v) is 12.8. The van der Waals surface area contributed by atoms with Gasteiger partial charge in [-0.25, -0.2) is 4.98 Å². The molecule has 2 rings (SSSR count). The van der Waals surface area contributed by atoms with Crippen molar-refractivity contribution in [2.24, 2.45) is 0 Å². The molecule has 6 heteroatoms. The van der Waals surface area contributed by atoms with Gasteiger partial charge in [-0.1, -0.05) is 29.8 Å². The van der Waals surface area contributed by atoms with E-state index in [9.17, 15) is 0 Å². The Morgan fingerprint density at radius 1 is 1.53 bits per heavy atom. The minimum Gasteiger partial charge on any atom is -0.371 e. The third-order valence-electron chi connectivity index (χ3n) is 2.72. The Hall–Kier alpha value is -0.200. The first-order valence-corrected chi connectivity index (χ1v) is 7.79. The molecule has 2 heterocycles. The third kappa shape index (κ3) is 3.17. The number of morpholine rings is 1. The summed E-state index contributed by atoms with van der Waals surface area (Å²) in [6.45, 7) is 8.13. The van der Waals surface area contributed by atoms with E-state index in [4.69, 9.17) is 4.74 Å². The van der Waals surface area contributed by atoms with Crippen molar-refractivity contribution < 1.29 is 4.74 Å². The van der Waals surface area contributed by atoms with E-state index in [-0.39, 0.29) is 12.2 Å². The Morgan fingerprint density at radius 2 is 2.29 bits per heavy atom. The van der Waals surface area contributed by atoms with Gasteiger partial charge in [-0.15, -0.1) is 0 Å². The molecule has 1 aromatic rings. The van der Waals surface area contributed by atoms with Gasteiger partial charge >= 0.3 is 0 Å². The molecule has 0 amide bonds. The van der Waals surface area contributed by atoms with Crippen LogP contribution in [0.3, 0.4) is 0 Å². The van der Waals surface area contributed by atoms with Crippen LogP contribution in [0.4, 0.5) is 5.13 Å². The summed E-state index contributed by atoms with van der Waals surface area (Å²) in [7, 11) is 0. The van der Waals surface area contributed by atoms with Crippen LogP contribution in [-0.4, -0.2) is 40.0 Å². The molecule has 4 nitrogen and oxygen atoms in total. The summed E-state index contributed by atoms with van der Waals surface area (Å²) in [5, 5.41) is 1.89. The van der Waals surface area contributed by atoms with Crippen LogP contribution in [0.1, 0.15) is 32.5 Å². The maximum absolute atomic E-state index is 5.81. The van der Waals surface area contributed by atoms with Crippen molar-refractivity contribution >= 4 is 32.6 Å². The largest absolute Gasteiger partial charge is 0.371 e. The van der Waals surface area contributed by atoms with Gasteiger partial charge in [0.2, 0.25) is 5.13 Å². The van der Waals surface area contributed by atoms with Crippen LogP contribution in [0.2, 0.25) is 0 Å². The quantitative estimate of drug-likeness (QED) is 0.803. The van der Waals surface area contributed by atoms with Crippen LogP contribution in [0.5, 0.6) is 0 Å². The summed E-state index contributed by atoms with van der Waals surface area (Å²) in [6, 6.07) is 0. The summed E-state index contributed by atoms with van der Waals surface area (Å²) in [4.78, 5) is 6.88. The lowest BCUT2D eigenvalue weighted by Crippen LogP contribution is -2.47. The Bertz CT molecular complexity index is 371. The fourth-order valence-corrected chi connectivity index (χ4v) is 3.06. The van der Waals surface area contributed by atoms with Gasteiger partial charge in [-0.05, 0) is 6.92 Å². The molecule has 0 spiro atoms. The third-order valence-corrected chi connectivity index (χ3v) is 4.23. The van der Waals surface area contributed by atoms with E-state index < -0.39 is 0 Å². The van der Waals surface area contributed by atoms with Crippen LogP contribution < -0.4 is 4.90 Å². The van der Waals surface area contributed by atoms with Crippen molar-refractivity contribution in [1.82, 2.24) is 9.36 Å². The average molecular weight is 320 g/mol. The van der Waals surface area contributed by atoms with Crippen LogP contribution >= 0.6 is 27.5 Å². The molecule has 1 fully saturated rings. The Morgan fingerprint density at radius 3 is 2.88 bits per heavy atom. The molecule has 1 aromatic heterocycles. The number of ether oxygens (including phenoxy) is 1. The molecule has 0 saturated carbocycles. The smallest absolute Gasteiger partial charge is 0.205 e. The first-order chi connectivity index (χ1) is 8.10. The number of nitrogens with zero attached hydrogens (tertiary/aromatic N) is 3. The van der Waals surface area contributed by atoms with Crippen LogP contribution in [0, 0.1) is 0 Å². The molecule has 1 aliphatic rings. The van der Waals surface area contributed by atoms with E-state index in [0.717, 1.165) is 29.4 Å².